The second kappa shape index (κ2) is 4.86. The number of aliphatic hydroxyl groups excluding tert-OH is 1. The van der Waals surface area contributed by atoms with Gasteiger partial charge in [0.1, 0.15) is 0 Å². The van der Waals surface area contributed by atoms with Crippen LogP contribution >= 0.6 is 0 Å². The van der Waals surface area contributed by atoms with E-state index >= 15 is 0 Å². The van der Waals surface area contributed by atoms with Crippen molar-refractivity contribution in [3.05, 3.63) is 48.0 Å². The van der Waals surface area contributed by atoms with Crippen LogP contribution in [0.4, 0.5) is 0 Å². The Hall–Kier alpha value is -1.38. The number of fused-ring (bicyclic) bond motifs is 1. The second-order valence-corrected chi connectivity index (χ2v) is 4.80. The van der Waals surface area contributed by atoms with Gasteiger partial charge in [0.2, 0.25) is 0 Å². The molecule has 3 N–H and O–H groups in total. The molecule has 2 heteroatoms. The van der Waals surface area contributed by atoms with Gasteiger partial charge >= 0.3 is 0 Å². The smallest absolute Gasteiger partial charge is 0.0439 e. The number of nitrogens with two attached hydrogens (primary N) is 1. The van der Waals surface area contributed by atoms with Crippen LogP contribution < -0.4 is 5.73 Å². The van der Waals surface area contributed by atoms with Gasteiger partial charge in [0.15, 0.2) is 0 Å². The molecule has 0 aliphatic carbocycles. The molecular weight excluding hydrogens is 210 g/mol. The Labute approximate surface area is 102 Å². The molecular formula is C15H19NO. The van der Waals surface area contributed by atoms with E-state index < -0.39 is 0 Å². The van der Waals surface area contributed by atoms with Crippen LogP contribution in [0, 0.1) is 0 Å². The van der Waals surface area contributed by atoms with Crippen molar-refractivity contribution in [3.63, 3.8) is 0 Å². The predicted octanol–water partition coefficient (Wildman–Crippen LogP) is 2.44. The largest absolute Gasteiger partial charge is 0.396 e. The molecule has 2 aromatic carbocycles. The molecule has 1 atom stereocenters. The molecule has 0 saturated heterocycles. The number of hydrogen-bond acceptors (Lipinski definition) is 2. The third-order valence-electron chi connectivity index (χ3n) is 3.56. The van der Waals surface area contributed by atoms with E-state index in [9.17, 15) is 0 Å². The first-order valence-corrected chi connectivity index (χ1v) is 6.00. The Morgan fingerprint density at radius 1 is 1.12 bits per heavy atom. The zero-order valence-electron chi connectivity index (χ0n) is 10.2. The Bertz CT molecular complexity index is 509. The van der Waals surface area contributed by atoms with Gasteiger partial charge in [-0.2, -0.15) is 0 Å². The van der Waals surface area contributed by atoms with Gasteiger partial charge in [-0.05, 0) is 22.8 Å². The van der Waals surface area contributed by atoms with E-state index in [1.54, 1.807) is 0 Å². The molecule has 2 nitrogen and oxygen atoms in total. The highest BCUT2D eigenvalue weighted by Crippen LogP contribution is 2.28. The van der Waals surface area contributed by atoms with Crippen molar-refractivity contribution in [1.29, 1.82) is 0 Å². The fourth-order valence-electron chi connectivity index (χ4n) is 2.18. The molecule has 0 saturated carbocycles. The van der Waals surface area contributed by atoms with Crippen LogP contribution in [0.15, 0.2) is 42.5 Å². The van der Waals surface area contributed by atoms with Gasteiger partial charge in [-0.15, -0.1) is 0 Å². The summed E-state index contributed by atoms with van der Waals surface area (Å²) in [5.74, 6) is 0. The quantitative estimate of drug-likeness (QED) is 0.846. The molecule has 0 aliphatic heterocycles. The minimum absolute atomic E-state index is 0.140. The molecule has 0 spiro atoms. The van der Waals surface area contributed by atoms with E-state index in [0.29, 0.717) is 13.0 Å². The summed E-state index contributed by atoms with van der Waals surface area (Å²) in [6.45, 7) is 2.82. The van der Waals surface area contributed by atoms with Crippen LogP contribution in [0.5, 0.6) is 0 Å². The third-order valence-corrected chi connectivity index (χ3v) is 3.56. The summed E-state index contributed by atoms with van der Waals surface area (Å²) >= 11 is 0. The van der Waals surface area contributed by atoms with Gasteiger partial charge in [0, 0.05) is 18.6 Å². The van der Waals surface area contributed by atoms with Crippen molar-refractivity contribution < 1.29 is 5.11 Å². The fourth-order valence-corrected chi connectivity index (χ4v) is 2.18. The van der Waals surface area contributed by atoms with E-state index in [1.165, 1.54) is 16.3 Å². The maximum Gasteiger partial charge on any atom is 0.0439 e. The average Bonchev–Trinajstić information content (AvgIpc) is 2.38. The second-order valence-electron chi connectivity index (χ2n) is 4.80. The fraction of sp³-hybridized carbons (Fsp3) is 0.333. The van der Waals surface area contributed by atoms with Crippen LogP contribution in [0.1, 0.15) is 18.9 Å². The lowest BCUT2D eigenvalue weighted by molar-refractivity contribution is 0.247. The minimum Gasteiger partial charge on any atom is -0.396 e. The van der Waals surface area contributed by atoms with Gasteiger partial charge in [-0.25, -0.2) is 0 Å². The Balaban J connectivity index is 2.47. The van der Waals surface area contributed by atoms with Gasteiger partial charge in [0.25, 0.3) is 0 Å². The summed E-state index contributed by atoms with van der Waals surface area (Å²) in [5, 5.41) is 11.6. The average molecular weight is 229 g/mol. The van der Waals surface area contributed by atoms with E-state index in [4.69, 9.17) is 10.8 Å². The SMILES string of the molecule is CC(CN)(CCO)c1ccc2ccccc2c1. The third kappa shape index (κ3) is 2.33. The molecule has 0 aliphatic rings. The van der Waals surface area contributed by atoms with Crippen molar-refractivity contribution in [2.75, 3.05) is 13.2 Å². The minimum atomic E-state index is -0.140. The zero-order chi connectivity index (χ0) is 12.3. The lowest BCUT2D eigenvalue weighted by atomic mass is 9.79. The molecule has 0 amide bonds. The molecule has 0 radical (unpaired) electrons. The monoisotopic (exact) mass is 229 g/mol. The molecule has 0 fully saturated rings. The Morgan fingerprint density at radius 3 is 2.47 bits per heavy atom. The van der Waals surface area contributed by atoms with Crippen molar-refractivity contribution >= 4 is 10.8 Å². The van der Waals surface area contributed by atoms with E-state index in [0.717, 1.165) is 0 Å². The number of benzene rings is 2. The van der Waals surface area contributed by atoms with E-state index in [1.807, 2.05) is 12.1 Å². The molecule has 17 heavy (non-hydrogen) atoms. The van der Waals surface area contributed by atoms with E-state index in [2.05, 4.69) is 37.3 Å². The van der Waals surface area contributed by atoms with Crippen molar-refractivity contribution in [2.45, 2.75) is 18.8 Å². The number of aliphatic hydroxyl groups is 1. The summed E-state index contributed by atoms with van der Waals surface area (Å²) in [6.07, 6.45) is 0.696. The Kier molecular flexibility index (Phi) is 3.46. The molecule has 1 unspecified atom stereocenters. The molecule has 0 heterocycles. The van der Waals surface area contributed by atoms with Crippen LogP contribution in [-0.2, 0) is 5.41 Å². The highest BCUT2D eigenvalue weighted by Gasteiger charge is 2.24. The van der Waals surface area contributed by atoms with Crippen LogP contribution in [-0.4, -0.2) is 18.3 Å². The predicted molar refractivity (Wildman–Crippen MR) is 72.1 cm³/mol. The van der Waals surface area contributed by atoms with Crippen LogP contribution in [0.3, 0.4) is 0 Å². The summed E-state index contributed by atoms with van der Waals surface area (Å²) in [7, 11) is 0. The molecule has 0 bridgehead atoms. The molecule has 2 aromatic rings. The highest BCUT2D eigenvalue weighted by atomic mass is 16.3. The molecule has 2 rings (SSSR count). The topological polar surface area (TPSA) is 46.2 Å². The normalized spacial score (nSPS) is 14.8. The van der Waals surface area contributed by atoms with Crippen molar-refractivity contribution in [2.24, 2.45) is 5.73 Å². The lowest BCUT2D eigenvalue weighted by Crippen LogP contribution is -2.32. The lowest BCUT2D eigenvalue weighted by Gasteiger charge is -2.28. The first-order valence-electron chi connectivity index (χ1n) is 6.00. The van der Waals surface area contributed by atoms with Gasteiger partial charge in [0.05, 0.1) is 0 Å². The van der Waals surface area contributed by atoms with Crippen molar-refractivity contribution in [3.8, 4) is 0 Å². The zero-order valence-corrected chi connectivity index (χ0v) is 10.2. The summed E-state index contributed by atoms with van der Waals surface area (Å²) in [4.78, 5) is 0. The van der Waals surface area contributed by atoms with Gasteiger partial charge in [-0.3, -0.25) is 0 Å². The standard InChI is InChI=1S/C15H19NO/c1-15(11-16,8-9-17)14-7-6-12-4-2-3-5-13(12)10-14/h2-7,10,17H,8-9,11,16H2,1H3. The van der Waals surface area contributed by atoms with Crippen LogP contribution in [0.25, 0.3) is 10.8 Å². The summed E-state index contributed by atoms with van der Waals surface area (Å²) in [6, 6.07) is 14.7. The summed E-state index contributed by atoms with van der Waals surface area (Å²) in [5.41, 5.74) is 6.92. The van der Waals surface area contributed by atoms with Crippen molar-refractivity contribution in [1.82, 2.24) is 0 Å². The van der Waals surface area contributed by atoms with E-state index in [-0.39, 0.29) is 12.0 Å². The summed E-state index contributed by atoms with van der Waals surface area (Å²) < 4.78 is 0. The Morgan fingerprint density at radius 2 is 1.82 bits per heavy atom. The first kappa shape index (κ1) is 12.1. The maximum atomic E-state index is 9.15. The van der Waals surface area contributed by atoms with Gasteiger partial charge < -0.3 is 10.8 Å². The van der Waals surface area contributed by atoms with Crippen LogP contribution in [0.2, 0.25) is 0 Å². The van der Waals surface area contributed by atoms with Gasteiger partial charge in [-0.1, -0.05) is 49.4 Å². The maximum absolute atomic E-state index is 9.15. The molecule has 0 aromatic heterocycles. The highest BCUT2D eigenvalue weighted by molar-refractivity contribution is 5.83. The first-order chi connectivity index (χ1) is 8.19. The molecule has 90 valence electrons. The number of rotatable bonds is 4. The number of hydrogen-bond donors (Lipinski definition) is 2.